The number of benzene rings is 3. The molecule has 48 heavy (non-hydrogen) atoms. The van der Waals surface area contributed by atoms with Gasteiger partial charge in [0.2, 0.25) is 0 Å². The van der Waals surface area contributed by atoms with Crippen molar-refractivity contribution in [1.29, 1.82) is 0 Å². The zero-order valence-corrected chi connectivity index (χ0v) is 28.2. The van der Waals surface area contributed by atoms with E-state index in [-0.39, 0.29) is 23.9 Å². The Morgan fingerprint density at radius 1 is 1.04 bits per heavy atom. The second-order valence-electron chi connectivity index (χ2n) is 12.2. The molecule has 1 saturated carbocycles. The van der Waals surface area contributed by atoms with Crippen molar-refractivity contribution in [3.8, 4) is 28.4 Å². The van der Waals surface area contributed by atoms with Gasteiger partial charge in [-0.15, -0.1) is 0 Å². The van der Waals surface area contributed by atoms with Crippen molar-refractivity contribution in [3.05, 3.63) is 93.4 Å². The molecular formula is C37H39ClN4O6. The summed E-state index contributed by atoms with van der Waals surface area (Å²) in [6.45, 7) is 4.98. The highest BCUT2D eigenvalue weighted by Crippen LogP contribution is 2.37. The first kappa shape index (κ1) is 33.0. The summed E-state index contributed by atoms with van der Waals surface area (Å²) in [5.74, 6) is 1.21. The lowest BCUT2D eigenvalue weighted by molar-refractivity contribution is 0.0690. The fourth-order valence-corrected chi connectivity index (χ4v) is 6.09. The van der Waals surface area contributed by atoms with E-state index in [0.717, 1.165) is 40.1 Å². The first-order valence-corrected chi connectivity index (χ1v) is 16.4. The SMILES string of the molecule is COc1ccc(OCc2c(-c3cccc4c(CCCOc5cc(C)c(Cl)c(C)c5)c(C(=O)O)[nH]c34)c(C(=O)NCC3CC3)nn2C)cc1. The number of aromatic amines is 1. The number of aryl methyl sites for hydroxylation is 4. The van der Waals surface area contributed by atoms with Crippen LogP contribution in [0.2, 0.25) is 5.02 Å². The number of nitrogens with one attached hydrogen (secondary N) is 2. The van der Waals surface area contributed by atoms with E-state index in [1.807, 2.05) is 68.4 Å². The van der Waals surface area contributed by atoms with Crippen molar-refractivity contribution in [1.82, 2.24) is 20.1 Å². The number of carbonyl (C=O) groups is 2. The highest BCUT2D eigenvalue weighted by atomic mass is 35.5. The number of para-hydroxylation sites is 1. The molecule has 0 aliphatic heterocycles. The molecule has 3 N–H and O–H groups in total. The van der Waals surface area contributed by atoms with Crippen LogP contribution in [0.25, 0.3) is 22.0 Å². The average Bonchev–Trinajstić information content (AvgIpc) is 3.75. The van der Waals surface area contributed by atoms with Crippen LogP contribution in [0.4, 0.5) is 0 Å². The summed E-state index contributed by atoms with van der Waals surface area (Å²) in [5, 5.41) is 19.4. The molecule has 1 amide bonds. The van der Waals surface area contributed by atoms with Crippen LogP contribution in [-0.2, 0) is 20.1 Å². The van der Waals surface area contributed by atoms with Gasteiger partial charge in [0.1, 0.15) is 29.5 Å². The van der Waals surface area contributed by atoms with E-state index in [0.29, 0.717) is 71.3 Å². The van der Waals surface area contributed by atoms with Gasteiger partial charge in [-0.1, -0.05) is 29.8 Å². The maximum Gasteiger partial charge on any atom is 0.352 e. The van der Waals surface area contributed by atoms with Gasteiger partial charge in [-0.25, -0.2) is 4.79 Å². The minimum atomic E-state index is -1.06. The summed E-state index contributed by atoms with van der Waals surface area (Å²) in [4.78, 5) is 29.3. The average molecular weight is 671 g/mol. The summed E-state index contributed by atoms with van der Waals surface area (Å²) in [6, 6.07) is 16.7. The summed E-state index contributed by atoms with van der Waals surface area (Å²) in [7, 11) is 3.38. The third-order valence-corrected chi connectivity index (χ3v) is 9.33. The number of rotatable bonds is 14. The first-order chi connectivity index (χ1) is 23.1. The van der Waals surface area contributed by atoms with Crippen LogP contribution in [0.15, 0.2) is 54.6 Å². The molecule has 1 fully saturated rings. The summed E-state index contributed by atoms with van der Waals surface area (Å²) >= 11 is 6.31. The standard InChI is InChI=1S/C37H39ClN4O6/c1-21-17-26(18-22(2)32(21)38)47-16-6-9-28-27-7-5-8-29(33(27)40-34(28)37(44)45)31-30(20-48-25-14-12-24(46-4)13-15-25)42(3)41-35(31)36(43)39-19-23-10-11-23/h5,7-8,12-15,17-18,23,40H,6,9-11,16,19-20H2,1-4H3,(H,39,43)(H,44,45). The van der Waals surface area contributed by atoms with Crippen LogP contribution in [-0.4, -0.2) is 52.0 Å². The Bertz CT molecular complexity index is 1950. The lowest BCUT2D eigenvalue weighted by atomic mass is 9.97. The van der Waals surface area contributed by atoms with Crippen molar-refractivity contribution in [3.63, 3.8) is 0 Å². The minimum absolute atomic E-state index is 0.107. The highest BCUT2D eigenvalue weighted by Gasteiger charge is 2.29. The molecule has 2 aromatic heterocycles. The molecule has 2 heterocycles. The maximum atomic E-state index is 13.6. The number of halogens is 1. The van der Waals surface area contributed by atoms with Gasteiger partial charge in [0.25, 0.3) is 5.91 Å². The van der Waals surface area contributed by atoms with Gasteiger partial charge >= 0.3 is 5.97 Å². The van der Waals surface area contributed by atoms with Crippen molar-refractivity contribution >= 4 is 34.4 Å². The molecule has 10 nitrogen and oxygen atoms in total. The summed E-state index contributed by atoms with van der Waals surface area (Å²) in [6.07, 6.45) is 3.25. The highest BCUT2D eigenvalue weighted by molar-refractivity contribution is 6.32. The second kappa shape index (κ2) is 14.0. The van der Waals surface area contributed by atoms with E-state index in [9.17, 15) is 14.7 Å². The lowest BCUT2D eigenvalue weighted by Gasteiger charge is -2.12. The van der Waals surface area contributed by atoms with Gasteiger partial charge < -0.3 is 29.6 Å². The molecule has 0 saturated heterocycles. The lowest BCUT2D eigenvalue weighted by Crippen LogP contribution is -2.26. The number of nitrogens with zero attached hydrogens (tertiary/aromatic N) is 2. The summed E-state index contributed by atoms with van der Waals surface area (Å²) < 4.78 is 19.1. The number of hydrogen-bond acceptors (Lipinski definition) is 6. The Labute approximate surface area is 284 Å². The molecule has 0 unspecified atom stereocenters. The number of ether oxygens (including phenoxy) is 3. The number of amides is 1. The normalized spacial score (nSPS) is 12.7. The molecular weight excluding hydrogens is 632 g/mol. The molecule has 11 heteroatoms. The van der Waals surface area contributed by atoms with Crippen LogP contribution >= 0.6 is 11.6 Å². The van der Waals surface area contributed by atoms with Crippen molar-refractivity contribution < 1.29 is 28.9 Å². The predicted molar refractivity (Wildman–Crippen MR) is 185 cm³/mol. The largest absolute Gasteiger partial charge is 0.497 e. The predicted octanol–water partition coefficient (Wildman–Crippen LogP) is 7.28. The number of aromatic nitrogens is 3. The van der Waals surface area contributed by atoms with Gasteiger partial charge in [0, 0.05) is 35.1 Å². The van der Waals surface area contributed by atoms with Crippen LogP contribution in [0.5, 0.6) is 17.2 Å². The molecule has 0 radical (unpaired) electrons. The zero-order valence-electron chi connectivity index (χ0n) is 27.5. The van der Waals surface area contributed by atoms with Gasteiger partial charge in [-0.05, 0) is 98.5 Å². The Morgan fingerprint density at radius 2 is 1.75 bits per heavy atom. The minimum Gasteiger partial charge on any atom is -0.497 e. The first-order valence-electron chi connectivity index (χ1n) is 16.0. The van der Waals surface area contributed by atoms with Crippen molar-refractivity contribution in [2.24, 2.45) is 13.0 Å². The molecule has 0 atom stereocenters. The molecule has 1 aliphatic rings. The van der Waals surface area contributed by atoms with E-state index >= 15 is 0 Å². The molecule has 250 valence electrons. The number of H-pyrrole nitrogens is 1. The number of carbonyl (C=O) groups excluding carboxylic acids is 1. The van der Waals surface area contributed by atoms with Gasteiger partial charge in [0.05, 0.1) is 24.9 Å². The molecule has 0 bridgehead atoms. The van der Waals surface area contributed by atoms with Crippen molar-refractivity contribution in [2.45, 2.75) is 46.1 Å². The number of hydrogen-bond donors (Lipinski definition) is 3. The topological polar surface area (TPSA) is 128 Å². The Morgan fingerprint density at radius 3 is 2.42 bits per heavy atom. The number of methoxy groups -OCH3 is 1. The van der Waals surface area contributed by atoms with Crippen LogP contribution in [0.3, 0.4) is 0 Å². The van der Waals surface area contributed by atoms with E-state index in [1.54, 1.807) is 18.8 Å². The molecule has 0 spiro atoms. The quantitative estimate of drug-likeness (QED) is 0.106. The van der Waals surface area contributed by atoms with Gasteiger partial charge in [-0.2, -0.15) is 5.10 Å². The smallest absolute Gasteiger partial charge is 0.352 e. The Kier molecular flexibility index (Phi) is 9.63. The van der Waals surface area contributed by atoms with E-state index in [1.165, 1.54) is 0 Å². The van der Waals surface area contributed by atoms with Gasteiger partial charge in [-0.3, -0.25) is 9.48 Å². The Balaban J connectivity index is 1.33. The van der Waals surface area contributed by atoms with Gasteiger partial charge in [0.15, 0.2) is 5.69 Å². The number of aromatic carboxylic acids is 1. The van der Waals surface area contributed by atoms with Crippen LogP contribution < -0.4 is 19.5 Å². The molecule has 1 aliphatic carbocycles. The van der Waals surface area contributed by atoms with E-state index < -0.39 is 5.97 Å². The third kappa shape index (κ3) is 6.99. The Hall–Kier alpha value is -4.96. The fraction of sp³-hybridized carbons (Fsp3) is 0.324. The monoisotopic (exact) mass is 670 g/mol. The number of carboxylic acids is 1. The number of fused-ring (bicyclic) bond motifs is 1. The van der Waals surface area contributed by atoms with E-state index in [2.05, 4.69) is 15.4 Å². The maximum absolute atomic E-state index is 13.6. The van der Waals surface area contributed by atoms with Crippen LogP contribution in [0.1, 0.15) is 62.6 Å². The van der Waals surface area contributed by atoms with Crippen molar-refractivity contribution in [2.75, 3.05) is 20.3 Å². The third-order valence-electron chi connectivity index (χ3n) is 8.74. The van der Waals surface area contributed by atoms with Crippen LogP contribution in [0, 0.1) is 19.8 Å². The fourth-order valence-electron chi connectivity index (χ4n) is 5.99. The van der Waals surface area contributed by atoms with E-state index in [4.69, 9.17) is 25.8 Å². The number of carboxylic acid groups (broad SMARTS) is 1. The molecule has 3 aromatic carbocycles. The molecule has 6 rings (SSSR count). The summed E-state index contributed by atoms with van der Waals surface area (Å²) in [5.41, 5.74) is 5.46. The second-order valence-corrected chi connectivity index (χ2v) is 12.6. The molecule has 5 aromatic rings. The zero-order chi connectivity index (χ0) is 33.9.